The van der Waals surface area contributed by atoms with Crippen molar-refractivity contribution in [1.29, 1.82) is 0 Å². The fourth-order valence-corrected chi connectivity index (χ4v) is 5.74. The van der Waals surface area contributed by atoms with Crippen LogP contribution in [-0.4, -0.2) is 56.9 Å². The number of piperidine rings is 1. The SMILES string of the molecule is C[C@@H]1CC2(CC[C@H]1Oc1ccc3c(C4CCC(=O)NC4=O)nn(C)c3c1)CN(C(=O)O)C2. The lowest BCUT2D eigenvalue weighted by Gasteiger charge is -2.53. The number of carboxylic acid groups (broad SMARTS) is 1. The number of likely N-dealkylation sites (tertiary alicyclic amines) is 1. The van der Waals surface area contributed by atoms with Crippen LogP contribution in [0.25, 0.3) is 10.9 Å². The van der Waals surface area contributed by atoms with Crippen molar-refractivity contribution >= 4 is 28.8 Å². The average molecular weight is 441 g/mol. The van der Waals surface area contributed by atoms with Gasteiger partial charge >= 0.3 is 6.09 Å². The van der Waals surface area contributed by atoms with Crippen molar-refractivity contribution in [2.24, 2.45) is 18.4 Å². The molecule has 9 nitrogen and oxygen atoms in total. The van der Waals surface area contributed by atoms with Crippen LogP contribution >= 0.6 is 0 Å². The Morgan fingerprint density at radius 2 is 2.06 bits per heavy atom. The molecule has 0 bridgehead atoms. The minimum absolute atomic E-state index is 0.0831. The van der Waals surface area contributed by atoms with Gasteiger partial charge in [0, 0.05) is 43.4 Å². The number of benzene rings is 1. The van der Waals surface area contributed by atoms with Crippen LogP contribution in [0.15, 0.2) is 18.2 Å². The van der Waals surface area contributed by atoms with Crippen molar-refractivity contribution in [2.75, 3.05) is 13.1 Å². The van der Waals surface area contributed by atoms with Gasteiger partial charge in [0.05, 0.1) is 17.1 Å². The molecule has 3 heterocycles. The number of ether oxygens (including phenoxy) is 1. The first-order valence-electron chi connectivity index (χ1n) is 11.2. The first kappa shape index (κ1) is 20.8. The summed E-state index contributed by atoms with van der Waals surface area (Å²) in [6.07, 6.45) is 2.88. The fourth-order valence-electron chi connectivity index (χ4n) is 5.74. The molecule has 3 atom stereocenters. The summed E-state index contributed by atoms with van der Waals surface area (Å²) in [5.74, 6) is 0.155. The normalized spacial score (nSPS) is 27.3. The minimum atomic E-state index is -0.831. The smallest absolute Gasteiger partial charge is 0.407 e. The number of carbonyl (C=O) groups excluding carboxylic acids is 2. The molecule has 2 N–H and O–H groups in total. The Bertz CT molecular complexity index is 1100. The maximum atomic E-state index is 12.3. The summed E-state index contributed by atoms with van der Waals surface area (Å²) in [5, 5.41) is 17.0. The molecular formula is C23H28N4O5. The maximum absolute atomic E-state index is 12.3. The second kappa shape index (κ2) is 7.50. The highest BCUT2D eigenvalue weighted by molar-refractivity contribution is 6.02. The third-order valence-electron chi connectivity index (χ3n) is 7.38. The van der Waals surface area contributed by atoms with Gasteiger partial charge in [-0.15, -0.1) is 0 Å². The van der Waals surface area contributed by atoms with Crippen molar-refractivity contribution in [1.82, 2.24) is 20.0 Å². The van der Waals surface area contributed by atoms with Crippen molar-refractivity contribution in [3.05, 3.63) is 23.9 Å². The van der Waals surface area contributed by atoms with Gasteiger partial charge in [-0.2, -0.15) is 5.10 Å². The average Bonchev–Trinajstić information content (AvgIpc) is 3.03. The molecule has 1 aliphatic carbocycles. The number of fused-ring (bicyclic) bond motifs is 1. The van der Waals surface area contributed by atoms with Gasteiger partial charge in [-0.1, -0.05) is 6.92 Å². The molecule has 1 spiro atoms. The molecule has 9 heteroatoms. The number of aromatic nitrogens is 2. The Kier molecular flexibility index (Phi) is 4.87. The van der Waals surface area contributed by atoms with Crippen LogP contribution in [0.1, 0.15) is 50.6 Å². The summed E-state index contributed by atoms with van der Waals surface area (Å²) in [4.78, 5) is 36.4. The largest absolute Gasteiger partial charge is 0.490 e. The van der Waals surface area contributed by atoms with Gasteiger partial charge in [0.15, 0.2) is 0 Å². The molecule has 1 aromatic carbocycles. The molecule has 1 aromatic heterocycles. The second-order valence-electron chi connectivity index (χ2n) is 9.71. The van der Waals surface area contributed by atoms with Crippen LogP contribution in [0.2, 0.25) is 0 Å². The van der Waals surface area contributed by atoms with E-state index in [9.17, 15) is 14.4 Å². The maximum Gasteiger partial charge on any atom is 0.407 e. The van der Waals surface area contributed by atoms with E-state index in [0.717, 1.165) is 35.9 Å². The first-order valence-corrected chi connectivity index (χ1v) is 11.2. The molecule has 5 rings (SSSR count). The van der Waals surface area contributed by atoms with Crippen LogP contribution in [-0.2, 0) is 16.6 Å². The van der Waals surface area contributed by atoms with Gasteiger partial charge in [0.1, 0.15) is 11.9 Å². The number of nitrogens with zero attached hydrogens (tertiary/aromatic N) is 3. The summed E-state index contributed by atoms with van der Waals surface area (Å²) < 4.78 is 8.12. The van der Waals surface area contributed by atoms with Gasteiger partial charge < -0.3 is 14.7 Å². The number of rotatable bonds is 3. The Hall–Kier alpha value is -3.10. The van der Waals surface area contributed by atoms with Crippen LogP contribution < -0.4 is 10.1 Å². The molecule has 2 aromatic rings. The number of hydrogen-bond donors (Lipinski definition) is 2. The third-order valence-corrected chi connectivity index (χ3v) is 7.38. The van der Waals surface area contributed by atoms with E-state index in [2.05, 4.69) is 17.3 Å². The standard InChI is InChI=1S/C23H28N4O5/c1-13-10-23(11-27(12-23)22(30)31)8-7-18(13)32-14-3-4-15-17(9-14)26(2)25-20(15)16-5-6-19(28)24-21(16)29/h3-4,9,13,16,18H,5-8,10-12H2,1-2H3,(H,30,31)(H,24,28,29)/t13-,16?,18-/m1/s1. The predicted octanol–water partition coefficient (Wildman–Crippen LogP) is 2.64. The summed E-state index contributed by atoms with van der Waals surface area (Å²) in [6.45, 7) is 3.44. The first-order chi connectivity index (χ1) is 15.2. The molecule has 2 aliphatic heterocycles. The molecule has 2 saturated heterocycles. The highest BCUT2D eigenvalue weighted by atomic mass is 16.5. The molecule has 3 amide bonds. The molecule has 1 saturated carbocycles. The summed E-state index contributed by atoms with van der Waals surface area (Å²) in [6, 6.07) is 5.83. The molecule has 0 radical (unpaired) electrons. The molecule has 32 heavy (non-hydrogen) atoms. The van der Waals surface area contributed by atoms with Crippen LogP contribution in [0, 0.1) is 11.3 Å². The van der Waals surface area contributed by atoms with E-state index in [-0.39, 0.29) is 23.3 Å². The fraction of sp³-hybridized carbons (Fsp3) is 0.565. The van der Waals surface area contributed by atoms with Crippen molar-refractivity contribution in [3.8, 4) is 5.75 Å². The highest BCUT2D eigenvalue weighted by Gasteiger charge is 2.49. The zero-order valence-corrected chi connectivity index (χ0v) is 18.3. The van der Waals surface area contributed by atoms with Crippen LogP contribution in [0.4, 0.5) is 4.79 Å². The predicted molar refractivity (Wildman–Crippen MR) is 115 cm³/mol. The number of hydrogen-bond acceptors (Lipinski definition) is 5. The Morgan fingerprint density at radius 1 is 1.28 bits per heavy atom. The minimum Gasteiger partial charge on any atom is -0.490 e. The zero-order chi connectivity index (χ0) is 22.6. The van der Waals surface area contributed by atoms with Crippen molar-refractivity contribution in [2.45, 2.75) is 51.0 Å². The Balaban J connectivity index is 1.30. The molecule has 1 unspecified atom stereocenters. The zero-order valence-electron chi connectivity index (χ0n) is 18.3. The van der Waals surface area contributed by atoms with E-state index in [0.29, 0.717) is 37.5 Å². The van der Waals surface area contributed by atoms with E-state index >= 15 is 0 Å². The quantitative estimate of drug-likeness (QED) is 0.710. The van der Waals surface area contributed by atoms with E-state index in [1.54, 1.807) is 4.68 Å². The molecule has 3 aliphatic rings. The van der Waals surface area contributed by atoms with E-state index in [1.165, 1.54) is 4.90 Å². The van der Waals surface area contributed by atoms with Crippen LogP contribution in [0.5, 0.6) is 5.75 Å². The third kappa shape index (κ3) is 3.49. The topological polar surface area (TPSA) is 114 Å². The lowest BCUT2D eigenvalue weighted by molar-refractivity contribution is -0.134. The van der Waals surface area contributed by atoms with Gasteiger partial charge in [0.2, 0.25) is 11.8 Å². The van der Waals surface area contributed by atoms with Crippen molar-refractivity contribution < 1.29 is 24.2 Å². The number of nitrogens with one attached hydrogen (secondary N) is 1. The monoisotopic (exact) mass is 440 g/mol. The lowest BCUT2D eigenvalue weighted by Crippen LogP contribution is -2.60. The molecular weight excluding hydrogens is 412 g/mol. The molecule has 170 valence electrons. The number of imide groups is 1. The number of carbonyl (C=O) groups is 3. The molecule has 3 fully saturated rings. The van der Waals surface area contributed by atoms with E-state index in [4.69, 9.17) is 9.84 Å². The number of aryl methyl sites for hydroxylation is 1. The number of amides is 3. The lowest BCUT2D eigenvalue weighted by atomic mass is 9.64. The van der Waals surface area contributed by atoms with E-state index < -0.39 is 12.0 Å². The van der Waals surface area contributed by atoms with Gasteiger partial charge in [-0.3, -0.25) is 19.6 Å². The van der Waals surface area contributed by atoms with Gasteiger partial charge in [-0.25, -0.2) is 4.79 Å². The van der Waals surface area contributed by atoms with Crippen LogP contribution in [0.3, 0.4) is 0 Å². The second-order valence-corrected chi connectivity index (χ2v) is 9.71. The Labute approximate surface area is 185 Å². The van der Waals surface area contributed by atoms with E-state index in [1.807, 2.05) is 25.2 Å². The Morgan fingerprint density at radius 3 is 2.75 bits per heavy atom. The summed E-state index contributed by atoms with van der Waals surface area (Å²) in [5.41, 5.74) is 1.69. The van der Waals surface area contributed by atoms with Crippen molar-refractivity contribution in [3.63, 3.8) is 0 Å². The van der Waals surface area contributed by atoms with Gasteiger partial charge in [0.25, 0.3) is 0 Å². The highest BCUT2D eigenvalue weighted by Crippen LogP contribution is 2.47. The summed E-state index contributed by atoms with van der Waals surface area (Å²) in [7, 11) is 1.85. The van der Waals surface area contributed by atoms with Gasteiger partial charge in [-0.05, 0) is 43.7 Å². The summed E-state index contributed by atoms with van der Waals surface area (Å²) >= 11 is 0.